The van der Waals surface area contributed by atoms with Crippen LogP contribution in [-0.2, 0) is 17.8 Å². The number of hydrogen-bond acceptors (Lipinski definition) is 3. The fourth-order valence-corrected chi connectivity index (χ4v) is 2.70. The molecule has 1 unspecified atom stereocenters. The van der Waals surface area contributed by atoms with Crippen LogP contribution < -0.4 is 5.32 Å². The highest BCUT2D eigenvalue weighted by molar-refractivity contribution is 5.15. The van der Waals surface area contributed by atoms with E-state index < -0.39 is 0 Å². The molecule has 4 nitrogen and oxygen atoms in total. The van der Waals surface area contributed by atoms with Crippen molar-refractivity contribution < 1.29 is 4.74 Å². The maximum absolute atomic E-state index is 5.66. The number of nitrogens with one attached hydrogen (secondary N) is 1. The lowest BCUT2D eigenvalue weighted by atomic mass is 10.1. The quantitative estimate of drug-likeness (QED) is 0.795. The summed E-state index contributed by atoms with van der Waals surface area (Å²) in [5.41, 5.74) is 2.47. The van der Waals surface area contributed by atoms with Gasteiger partial charge in [-0.2, -0.15) is 5.10 Å². The topological polar surface area (TPSA) is 39.1 Å². The first kappa shape index (κ1) is 15.5. The van der Waals surface area contributed by atoms with Crippen molar-refractivity contribution in [1.82, 2.24) is 15.1 Å². The molecule has 1 aliphatic heterocycles. The molecular formula is C16H29N3O. The molecule has 1 atom stereocenters. The van der Waals surface area contributed by atoms with E-state index >= 15 is 0 Å². The van der Waals surface area contributed by atoms with Gasteiger partial charge in [0.15, 0.2) is 0 Å². The molecule has 1 fully saturated rings. The summed E-state index contributed by atoms with van der Waals surface area (Å²) in [6.45, 7) is 10.5. The summed E-state index contributed by atoms with van der Waals surface area (Å²) >= 11 is 0. The molecular weight excluding hydrogens is 250 g/mol. The lowest BCUT2D eigenvalue weighted by Crippen LogP contribution is -2.19. The van der Waals surface area contributed by atoms with Crippen molar-refractivity contribution in [3.05, 3.63) is 17.5 Å². The SMILES string of the molecule is Cc1nn(CCCC2CCCO2)cc1CNCC(C)C. The van der Waals surface area contributed by atoms with Crippen molar-refractivity contribution in [3.63, 3.8) is 0 Å². The lowest BCUT2D eigenvalue weighted by Gasteiger charge is -2.08. The van der Waals surface area contributed by atoms with Crippen LogP contribution in [0.25, 0.3) is 0 Å². The third-order valence-electron chi connectivity index (χ3n) is 3.85. The van der Waals surface area contributed by atoms with E-state index in [0.717, 1.165) is 38.4 Å². The summed E-state index contributed by atoms with van der Waals surface area (Å²) < 4.78 is 7.75. The highest BCUT2D eigenvalue weighted by Gasteiger charge is 2.14. The van der Waals surface area contributed by atoms with E-state index in [1.54, 1.807) is 0 Å². The number of aromatic nitrogens is 2. The summed E-state index contributed by atoms with van der Waals surface area (Å²) in [6.07, 6.45) is 7.49. The Labute approximate surface area is 122 Å². The van der Waals surface area contributed by atoms with E-state index in [2.05, 4.69) is 42.1 Å². The molecule has 0 spiro atoms. The van der Waals surface area contributed by atoms with Crippen LogP contribution in [0.2, 0.25) is 0 Å². The number of ether oxygens (including phenoxy) is 1. The van der Waals surface area contributed by atoms with Gasteiger partial charge >= 0.3 is 0 Å². The molecule has 1 aliphatic rings. The number of nitrogens with zero attached hydrogens (tertiary/aromatic N) is 2. The minimum absolute atomic E-state index is 0.499. The predicted octanol–water partition coefficient (Wildman–Crippen LogP) is 2.90. The molecule has 1 aromatic heterocycles. The van der Waals surface area contributed by atoms with Crippen molar-refractivity contribution in [2.75, 3.05) is 13.2 Å². The first-order valence-electron chi connectivity index (χ1n) is 8.00. The Morgan fingerprint density at radius 3 is 3.05 bits per heavy atom. The van der Waals surface area contributed by atoms with E-state index in [4.69, 9.17) is 4.74 Å². The van der Waals surface area contributed by atoms with E-state index in [-0.39, 0.29) is 0 Å². The van der Waals surface area contributed by atoms with E-state index in [1.807, 2.05) is 0 Å². The molecule has 0 radical (unpaired) electrons. The standard InChI is InChI=1S/C16H29N3O/c1-13(2)10-17-11-15-12-19(18-14(15)3)8-4-6-16-7-5-9-20-16/h12-13,16-17H,4-11H2,1-3H3. The Morgan fingerprint density at radius 2 is 2.35 bits per heavy atom. The molecule has 4 heteroatoms. The second-order valence-electron chi connectivity index (χ2n) is 6.30. The van der Waals surface area contributed by atoms with Gasteiger partial charge in [-0.15, -0.1) is 0 Å². The average Bonchev–Trinajstić information content (AvgIpc) is 3.00. The molecule has 0 aromatic carbocycles. The van der Waals surface area contributed by atoms with Crippen LogP contribution in [0.5, 0.6) is 0 Å². The summed E-state index contributed by atoms with van der Waals surface area (Å²) in [5, 5.41) is 8.09. The Hall–Kier alpha value is -0.870. The van der Waals surface area contributed by atoms with Crippen LogP contribution in [0, 0.1) is 12.8 Å². The molecule has 0 aliphatic carbocycles. The monoisotopic (exact) mass is 279 g/mol. The smallest absolute Gasteiger partial charge is 0.0638 e. The van der Waals surface area contributed by atoms with Crippen molar-refractivity contribution in [2.24, 2.45) is 5.92 Å². The van der Waals surface area contributed by atoms with Crippen molar-refractivity contribution in [1.29, 1.82) is 0 Å². The molecule has 1 aromatic rings. The van der Waals surface area contributed by atoms with Gasteiger partial charge in [0.1, 0.15) is 0 Å². The van der Waals surface area contributed by atoms with Gasteiger partial charge in [-0.25, -0.2) is 0 Å². The molecule has 2 rings (SSSR count). The zero-order valence-corrected chi connectivity index (χ0v) is 13.2. The minimum Gasteiger partial charge on any atom is -0.378 e. The van der Waals surface area contributed by atoms with Gasteiger partial charge in [-0.3, -0.25) is 4.68 Å². The second-order valence-corrected chi connectivity index (χ2v) is 6.30. The molecule has 2 heterocycles. The van der Waals surface area contributed by atoms with E-state index in [9.17, 15) is 0 Å². The minimum atomic E-state index is 0.499. The fourth-order valence-electron chi connectivity index (χ4n) is 2.70. The van der Waals surface area contributed by atoms with Crippen molar-refractivity contribution >= 4 is 0 Å². The zero-order valence-electron chi connectivity index (χ0n) is 13.2. The molecule has 1 N–H and O–H groups in total. The van der Waals surface area contributed by atoms with Gasteiger partial charge in [0, 0.05) is 31.5 Å². The summed E-state index contributed by atoms with van der Waals surface area (Å²) in [7, 11) is 0. The predicted molar refractivity (Wildman–Crippen MR) is 81.7 cm³/mol. The number of rotatable bonds is 8. The number of hydrogen-bond donors (Lipinski definition) is 1. The summed E-state index contributed by atoms with van der Waals surface area (Å²) in [6, 6.07) is 0. The molecule has 0 saturated carbocycles. The molecule has 114 valence electrons. The normalized spacial score (nSPS) is 19.1. The Kier molecular flexibility index (Phi) is 6.05. The van der Waals surface area contributed by atoms with Crippen molar-refractivity contribution in [2.45, 2.75) is 65.6 Å². The molecule has 1 saturated heterocycles. The highest BCUT2D eigenvalue weighted by Crippen LogP contribution is 2.17. The summed E-state index contributed by atoms with van der Waals surface area (Å²) in [4.78, 5) is 0. The van der Waals surface area contributed by atoms with Gasteiger partial charge in [0.25, 0.3) is 0 Å². The van der Waals surface area contributed by atoms with Crippen molar-refractivity contribution in [3.8, 4) is 0 Å². The Bertz CT molecular complexity index is 394. The number of aryl methyl sites for hydroxylation is 2. The van der Waals surface area contributed by atoms with Crippen LogP contribution in [0.1, 0.15) is 50.8 Å². The largest absolute Gasteiger partial charge is 0.378 e. The van der Waals surface area contributed by atoms with Gasteiger partial charge < -0.3 is 10.1 Å². The second kappa shape index (κ2) is 7.79. The molecule has 20 heavy (non-hydrogen) atoms. The third kappa shape index (κ3) is 4.91. The molecule has 0 amide bonds. The average molecular weight is 279 g/mol. The van der Waals surface area contributed by atoms with Gasteiger partial charge in [-0.05, 0) is 45.1 Å². The Morgan fingerprint density at radius 1 is 1.50 bits per heavy atom. The first-order valence-corrected chi connectivity index (χ1v) is 8.00. The zero-order chi connectivity index (χ0) is 14.4. The Balaban J connectivity index is 1.71. The van der Waals surface area contributed by atoms with Gasteiger partial charge in [0.05, 0.1) is 11.8 Å². The van der Waals surface area contributed by atoms with Crippen LogP contribution in [0.15, 0.2) is 6.20 Å². The molecule has 0 bridgehead atoms. The first-order chi connectivity index (χ1) is 9.65. The van der Waals surface area contributed by atoms with Gasteiger partial charge in [0.2, 0.25) is 0 Å². The summed E-state index contributed by atoms with van der Waals surface area (Å²) in [5.74, 6) is 0.691. The van der Waals surface area contributed by atoms with E-state index in [0.29, 0.717) is 12.0 Å². The van der Waals surface area contributed by atoms with Crippen LogP contribution in [0.3, 0.4) is 0 Å². The van der Waals surface area contributed by atoms with Crippen LogP contribution in [-0.4, -0.2) is 29.0 Å². The maximum Gasteiger partial charge on any atom is 0.0638 e. The highest BCUT2D eigenvalue weighted by atomic mass is 16.5. The van der Waals surface area contributed by atoms with Gasteiger partial charge in [-0.1, -0.05) is 13.8 Å². The fraction of sp³-hybridized carbons (Fsp3) is 0.812. The van der Waals surface area contributed by atoms with Crippen LogP contribution >= 0.6 is 0 Å². The van der Waals surface area contributed by atoms with E-state index in [1.165, 1.54) is 24.8 Å². The lowest BCUT2D eigenvalue weighted by molar-refractivity contribution is 0.101. The maximum atomic E-state index is 5.66. The van der Waals surface area contributed by atoms with Crippen LogP contribution in [0.4, 0.5) is 0 Å². The third-order valence-corrected chi connectivity index (χ3v) is 3.85.